The van der Waals surface area contributed by atoms with Gasteiger partial charge in [-0.2, -0.15) is 0 Å². The van der Waals surface area contributed by atoms with Crippen molar-refractivity contribution >= 4 is 11.8 Å². The summed E-state index contributed by atoms with van der Waals surface area (Å²) in [7, 11) is 1.89. The van der Waals surface area contributed by atoms with Gasteiger partial charge in [0.15, 0.2) is 0 Å². The summed E-state index contributed by atoms with van der Waals surface area (Å²) in [6.07, 6.45) is 2.27. The Bertz CT molecular complexity index is 243. The van der Waals surface area contributed by atoms with Gasteiger partial charge >= 0.3 is 5.97 Å². The molecule has 0 aromatic carbocycles. The van der Waals surface area contributed by atoms with Gasteiger partial charge in [0.2, 0.25) is 0 Å². The van der Waals surface area contributed by atoms with Crippen LogP contribution in [-0.4, -0.2) is 45.2 Å². The van der Waals surface area contributed by atoms with E-state index in [1.54, 1.807) is 0 Å². The second-order valence-electron chi connectivity index (χ2n) is 4.19. The van der Waals surface area contributed by atoms with Crippen LogP contribution in [0, 0.1) is 5.92 Å². The van der Waals surface area contributed by atoms with Crippen molar-refractivity contribution in [3.05, 3.63) is 0 Å². The normalized spacial score (nSPS) is 12.2. The molecule has 1 atom stereocenters. The van der Waals surface area contributed by atoms with Crippen molar-refractivity contribution in [1.82, 2.24) is 5.32 Å². The highest BCUT2D eigenvalue weighted by Crippen LogP contribution is 2.09. The van der Waals surface area contributed by atoms with E-state index in [9.17, 15) is 9.59 Å². The molecule has 0 spiro atoms. The van der Waals surface area contributed by atoms with Crippen molar-refractivity contribution in [2.45, 2.75) is 33.1 Å². The largest absolute Gasteiger partial charge is 0.463 e. The van der Waals surface area contributed by atoms with Crippen molar-refractivity contribution in [1.29, 1.82) is 0 Å². The summed E-state index contributed by atoms with van der Waals surface area (Å²) >= 11 is 0. The minimum atomic E-state index is -0.612. The van der Waals surface area contributed by atoms with Gasteiger partial charge in [0.05, 0.1) is 6.61 Å². The Kier molecular flexibility index (Phi) is 10.6. The molecular weight excluding hydrogens is 234 g/mol. The van der Waals surface area contributed by atoms with Crippen LogP contribution in [0.2, 0.25) is 0 Å². The molecular formula is C13H25NO4. The predicted octanol–water partition coefficient (Wildman–Crippen LogP) is 1.16. The highest BCUT2D eigenvalue weighted by molar-refractivity contribution is 5.97. The fourth-order valence-electron chi connectivity index (χ4n) is 1.53. The summed E-state index contributed by atoms with van der Waals surface area (Å²) in [6, 6.07) is 0. The van der Waals surface area contributed by atoms with Crippen molar-refractivity contribution < 1.29 is 19.1 Å². The summed E-state index contributed by atoms with van der Waals surface area (Å²) < 4.78 is 10.3. The summed E-state index contributed by atoms with van der Waals surface area (Å²) in [5.74, 6) is -1.17. The van der Waals surface area contributed by atoms with Gasteiger partial charge in [-0.25, -0.2) is 0 Å². The average molecular weight is 259 g/mol. The molecule has 0 amide bonds. The van der Waals surface area contributed by atoms with E-state index in [1.165, 1.54) is 6.92 Å². The summed E-state index contributed by atoms with van der Waals surface area (Å²) in [6.45, 7) is 5.51. The molecule has 0 aromatic rings. The predicted molar refractivity (Wildman–Crippen MR) is 69.4 cm³/mol. The molecule has 0 saturated carbocycles. The van der Waals surface area contributed by atoms with E-state index in [0.717, 1.165) is 19.4 Å². The van der Waals surface area contributed by atoms with Crippen LogP contribution in [0.15, 0.2) is 0 Å². The Labute approximate surface area is 109 Å². The van der Waals surface area contributed by atoms with E-state index in [4.69, 9.17) is 9.47 Å². The first-order valence-electron chi connectivity index (χ1n) is 6.52. The molecule has 0 aliphatic rings. The number of hydrogen-bond donors (Lipinski definition) is 1. The van der Waals surface area contributed by atoms with Gasteiger partial charge in [-0.15, -0.1) is 0 Å². The molecule has 5 nitrogen and oxygen atoms in total. The number of ether oxygens (including phenoxy) is 2. The molecule has 0 bridgehead atoms. The minimum absolute atomic E-state index is 0.128. The number of rotatable bonds is 11. The molecule has 0 fully saturated rings. The summed E-state index contributed by atoms with van der Waals surface area (Å²) in [5.41, 5.74) is 0. The number of nitrogens with one attached hydrogen (secondary N) is 1. The Morgan fingerprint density at radius 2 is 1.94 bits per heavy atom. The number of carbonyl (C=O) groups is 2. The third kappa shape index (κ3) is 8.20. The van der Waals surface area contributed by atoms with Gasteiger partial charge in [0.25, 0.3) is 0 Å². The monoisotopic (exact) mass is 259 g/mol. The third-order valence-electron chi connectivity index (χ3n) is 2.54. The molecule has 5 heteroatoms. The van der Waals surface area contributed by atoms with Gasteiger partial charge in [0.1, 0.15) is 18.3 Å². The molecule has 0 aromatic heterocycles. The lowest BCUT2D eigenvalue weighted by molar-refractivity contribution is -0.153. The van der Waals surface area contributed by atoms with Crippen LogP contribution < -0.4 is 5.32 Å². The average Bonchev–Trinajstić information content (AvgIpc) is 2.34. The highest BCUT2D eigenvalue weighted by atomic mass is 16.6. The van der Waals surface area contributed by atoms with Crippen molar-refractivity contribution in [2.24, 2.45) is 5.92 Å². The van der Waals surface area contributed by atoms with Crippen molar-refractivity contribution in [3.8, 4) is 0 Å². The number of hydrogen-bond acceptors (Lipinski definition) is 5. The van der Waals surface area contributed by atoms with Crippen molar-refractivity contribution in [2.75, 3.05) is 33.4 Å². The maximum absolute atomic E-state index is 11.6. The topological polar surface area (TPSA) is 64.6 Å². The Morgan fingerprint density at radius 1 is 1.22 bits per heavy atom. The third-order valence-corrected chi connectivity index (χ3v) is 2.54. The Morgan fingerprint density at radius 3 is 2.50 bits per heavy atom. The standard InChI is InChI=1S/C13H25NO4/c1-4-6-12(11(2)15)13(16)18-10-9-17-8-5-7-14-3/h12,14H,4-10H2,1-3H3. The molecule has 1 N–H and O–H groups in total. The number of Topliss-reactive ketones (excluding diaryl/α,β-unsaturated/α-hetero) is 1. The molecule has 1 unspecified atom stereocenters. The van der Waals surface area contributed by atoms with Gasteiger partial charge in [0, 0.05) is 6.61 Å². The van der Waals surface area contributed by atoms with Crippen LogP contribution in [-0.2, 0) is 19.1 Å². The fourth-order valence-corrected chi connectivity index (χ4v) is 1.53. The van der Waals surface area contributed by atoms with E-state index in [0.29, 0.717) is 19.6 Å². The fraction of sp³-hybridized carbons (Fsp3) is 0.846. The molecule has 0 heterocycles. The van der Waals surface area contributed by atoms with E-state index >= 15 is 0 Å². The van der Waals surface area contributed by atoms with Crippen LogP contribution in [0.1, 0.15) is 33.1 Å². The molecule has 0 rings (SSSR count). The zero-order valence-corrected chi connectivity index (χ0v) is 11.7. The van der Waals surface area contributed by atoms with Gasteiger partial charge in [-0.1, -0.05) is 13.3 Å². The summed E-state index contributed by atoms with van der Waals surface area (Å²) in [4.78, 5) is 22.8. The number of ketones is 1. The smallest absolute Gasteiger partial charge is 0.316 e. The van der Waals surface area contributed by atoms with E-state index in [2.05, 4.69) is 5.32 Å². The van der Waals surface area contributed by atoms with Crippen molar-refractivity contribution in [3.63, 3.8) is 0 Å². The first-order chi connectivity index (χ1) is 8.63. The lowest BCUT2D eigenvalue weighted by Gasteiger charge is -2.12. The first kappa shape index (κ1) is 17.1. The zero-order valence-electron chi connectivity index (χ0n) is 11.7. The summed E-state index contributed by atoms with van der Waals surface area (Å²) in [5, 5.41) is 3.02. The minimum Gasteiger partial charge on any atom is -0.463 e. The van der Waals surface area contributed by atoms with E-state index < -0.39 is 11.9 Å². The molecule has 0 aliphatic heterocycles. The molecule has 0 radical (unpaired) electrons. The van der Waals surface area contributed by atoms with Crippen LogP contribution in [0.3, 0.4) is 0 Å². The quantitative estimate of drug-likeness (QED) is 0.343. The highest BCUT2D eigenvalue weighted by Gasteiger charge is 2.23. The van der Waals surface area contributed by atoms with Crippen LogP contribution in [0.5, 0.6) is 0 Å². The maximum Gasteiger partial charge on any atom is 0.316 e. The lowest BCUT2D eigenvalue weighted by atomic mass is 10.00. The SMILES string of the molecule is CCCC(C(C)=O)C(=O)OCCOCCCNC. The Hall–Kier alpha value is -0.940. The van der Waals surface area contributed by atoms with Gasteiger partial charge in [-0.05, 0) is 33.4 Å². The lowest BCUT2D eigenvalue weighted by Crippen LogP contribution is -2.25. The molecule has 0 saturated heterocycles. The van der Waals surface area contributed by atoms with Gasteiger partial charge in [-0.3, -0.25) is 9.59 Å². The maximum atomic E-state index is 11.6. The molecule has 0 aliphatic carbocycles. The zero-order chi connectivity index (χ0) is 13.8. The van der Waals surface area contributed by atoms with Crippen LogP contribution >= 0.6 is 0 Å². The van der Waals surface area contributed by atoms with Crippen LogP contribution in [0.25, 0.3) is 0 Å². The van der Waals surface area contributed by atoms with E-state index in [1.807, 2.05) is 14.0 Å². The molecule has 18 heavy (non-hydrogen) atoms. The Balaban J connectivity index is 3.64. The van der Waals surface area contributed by atoms with E-state index in [-0.39, 0.29) is 12.4 Å². The van der Waals surface area contributed by atoms with Gasteiger partial charge < -0.3 is 14.8 Å². The second kappa shape index (κ2) is 11.2. The molecule has 106 valence electrons. The first-order valence-corrected chi connectivity index (χ1v) is 6.52. The number of carbonyl (C=O) groups excluding carboxylic acids is 2. The van der Waals surface area contributed by atoms with Crippen LogP contribution in [0.4, 0.5) is 0 Å². The number of esters is 1. The second-order valence-corrected chi connectivity index (χ2v) is 4.19.